The summed E-state index contributed by atoms with van der Waals surface area (Å²) in [7, 11) is 1.67. The van der Waals surface area contributed by atoms with Gasteiger partial charge in [0, 0.05) is 24.3 Å². The van der Waals surface area contributed by atoms with Crippen molar-refractivity contribution < 1.29 is 9.47 Å². The third kappa shape index (κ3) is 2.55. The number of allylic oxidation sites excluding steroid dienone is 1. The second-order valence-electron chi connectivity index (χ2n) is 5.03. The van der Waals surface area contributed by atoms with Gasteiger partial charge in [-0.3, -0.25) is 0 Å². The maximum atomic E-state index is 5.80. The van der Waals surface area contributed by atoms with Crippen molar-refractivity contribution in [2.75, 3.05) is 13.7 Å². The molecule has 112 valence electrons. The monoisotopic (exact) mass is 293 g/mol. The maximum Gasteiger partial charge on any atom is 0.208 e. The molecule has 3 nitrogen and oxygen atoms in total. The fraction of sp³-hybridized carbons (Fsp3) is 0.211. The fourth-order valence-corrected chi connectivity index (χ4v) is 2.62. The van der Waals surface area contributed by atoms with E-state index in [0.717, 1.165) is 22.6 Å². The Morgan fingerprint density at radius 1 is 0.955 bits per heavy atom. The molecule has 0 aromatic heterocycles. The Bertz CT molecular complexity index is 692. The highest BCUT2D eigenvalue weighted by Gasteiger charge is 2.37. The molecule has 1 unspecified atom stereocenters. The first-order valence-electron chi connectivity index (χ1n) is 7.41. The number of rotatable bonds is 5. The Morgan fingerprint density at radius 3 is 2.18 bits per heavy atom. The van der Waals surface area contributed by atoms with E-state index in [2.05, 4.69) is 0 Å². The smallest absolute Gasteiger partial charge is 0.208 e. The molecule has 2 aromatic carbocycles. The van der Waals surface area contributed by atoms with Crippen LogP contribution in [0.3, 0.4) is 0 Å². The van der Waals surface area contributed by atoms with Crippen molar-refractivity contribution in [2.24, 2.45) is 4.99 Å². The van der Waals surface area contributed by atoms with Crippen LogP contribution in [0.15, 0.2) is 77.5 Å². The van der Waals surface area contributed by atoms with Crippen molar-refractivity contribution in [1.29, 1.82) is 0 Å². The summed E-state index contributed by atoms with van der Waals surface area (Å²) in [6, 6.07) is 20.0. The quantitative estimate of drug-likeness (QED) is 0.837. The topological polar surface area (TPSA) is 30.8 Å². The van der Waals surface area contributed by atoms with Crippen molar-refractivity contribution in [3.05, 3.63) is 83.6 Å². The van der Waals surface area contributed by atoms with E-state index in [1.165, 1.54) is 0 Å². The molecule has 1 atom stereocenters. The Hall–Kier alpha value is -2.39. The summed E-state index contributed by atoms with van der Waals surface area (Å²) in [6.07, 6.45) is 1.95. The minimum Gasteiger partial charge on any atom is -0.492 e. The summed E-state index contributed by atoms with van der Waals surface area (Å²) in [5.74, 6) is 0.763. The summed E-state index contributed by atoms with van der Waals surface area (Å²) in [5.41, 5.74) is 2.02. The molecular weight excluding hydrogens is 274 g/mol. The number of benzene rings is 2. The van der Waals surface area contributed by atoms with Crippen LogP contribution >= 0.6 is 0 Å². The molecule has 0 aliphatic carbocycles. The lowest BCUT2D eigenvalue weighted by atomic mass is 10.0. The van der Waals surface area contributed by atoms with Crippen LogP contribution < -0.4 is 0 Å². The molecule has 22 heavy (non-hydrogen) atoms. The van der Waals surface area contributed by atoms with E-state index in [1.54, 1.807) is 7.11 Å². The predicted octanol–water partition coefficient (Wildman–Crippen LogP) is 3.91. The highest BCUT2D eigenvalue weighted by Crippen LogP contribution is 2.36. The standard InChI is InChI=1S/C19H19NO2/c1-3-22-17-14-19(21-2,16-12-8-5-9-13-16)20-18(17)15-10-6-4-7-11-15/h4-14H,3H2,1-2H3. The molecule has 3 heteroatoms. The van der Waals surface area contributed by atoms with Crippen LogP contribution in [-0.4, -0.2) is 19.4 Å². The molecule has 0 amide bonds. The van der Waals surface area contributed by atoms with Gasteiger partial charge >= 0.3 is 0 Å². The first kappa shape index (κ1) is 14.5. The van der Waals surface area contributed by atoms with Crippen LogP contribution in [0.25, 0.3) is 0 Å². The van der Waals surface area contributed by atoms with E-state index >= 15 is 0 Å². The second-order valence-corrected chi connectivity index (χ2v) is 5.03. The van der Waals surface area contributed by atoms with Crippen molar-refractivity contribution in [3.8, 4) is 0 Å². The van der Waals surface area contributed by atoms with Gasteiger partial charge in [-0.15, -0.1) is 0 Å². The van der Waals surface area contributed by atoms with Gasteiger partial charge in [0.25, 0.3) is 0 Å². The highest BCUT2D eigenvalue weighted by atomic mass is 16.5. The van der Waals surface area contributed by atoms with Gasteiger partial charge in [0.2, 0.25) is 5.72 Å². The van der Waals surface area contributed by atoms with Gasteiger partial charge < -0.3 is 9.47 Å². The van der Waals surface area contributed by atoms with Crippen molar-refractivity contribution in [3.63, 3.8) is 0 Å². The van der Waals surface area contributed by atoms with Gasteiger partial charge in [-0.25, -0.2) is 4.99 Å². The van der Waals surface area contributed by atoms with Gasteiger partial charge in [0.1, 0.15) is 11.5 Å². The van der Waals surface area contributed by atoms with Crippen molar-refractivity contribution >= 4 is 5.71 Å². The normalized spacial score (nSPS) is 20.5. The zero-order chi connectivity index (χ0) is 15.4. The zero-order valence-electron chi connectivity index (χ0n) is 12.8. The molecule has 1 aliphatic rings. The van der Waals surface area contributed by atoms with Gasteiger partial charge in [-0.2, -0.15) is 0 Å². The second kappa shape index (κ2) is 6.16. The van der Waals surface area contributed by atoms with Crippen molar-refractivity contribution in [2.45, 2.75) is 12.6 Å². The van der Waals surface area contributed by atoms with E-state index in [4.69, 9.17) is 14.5 Å². The maximum absolute atomic E-state index is 5.80. The number of hydrogen-bond acceptors (Lipinski definition) is 3. The fourth-order valence-electron chi connectivity index (χ4n) is 2.62. The third-order valence-electron chi connectivity index (χ3n) is 3.68. The van der Waals surface area contributed by atoms with Gasteiger partial charge in [-0.1, -0.05) is 60.7 Å². The van der Waals surface area contributed by atoms with Gasteiger partial charge in [-0.05, 0) is 6.92 Å². The molecule has 2 aromatic rings. The Kier molecular flexibility index (Phi) is 4.07. The first-order chi connectivity index (χ1) is 10.8. The van der Waals surface area contributed by atoms with Crippen LogP contribution in [0, 0.1) is 0 Å². The van der Waals surface area contributed by atoms with Crippen molar-refractivity contribution in [1.82, 2.24) is 0 Å². The Labute approximate surface area is 130 Å². The van der Waals surface area contributed by atoms with Crippen LogP contribution in [0.5, 0.6) is 0 Å². The molecule has 0 spiro atoms. The Balaban J connectivity index is 2.11. The van der Waals surface area contributed by atoms with Crippen LogP contribution in [0.4, 0.5) is 0 Å². The number of ether oxygens (including phenoxy) is 2. The van der Waals surface area contributed by atoms with E-state index in [1.807, 2.05) is 73.7 Å². The first-order valence-corrected chi connectivity index (χ1v) is 7.41. The van der Waals surface area contributed by atoms with E-state index in [0.29, 0.717) is 6.61 Å². The zero-order valence-corrected chi connectivity index (χ0v) is 12.8. The van der Waals surface area contributed by atoms with E-state index in [-0.39, 0.29) is 0 Å². The molecular formula is C19H19NO2. The average molecular weight is 293 g/mol. The lowest BCUT2D eigenvalue weighted by molar-refractivity contribution is 0.0381. The largest absolute Gasteiger partial charge is 0.492 e. The van der Waals surface area contributed by atoms with E-state index < -0.39 is 5.72 Å². The number of hydrogen-bond donors (Lipinski definition) is 0. The molecule has 0 fully saturated rings. The lowest BCUT2D eigenvalue weighted by Crippen LogP contribution is -2.21. The number of methoxy groups -OCH3 is 1. The summed E-state index contributed by atoms with van der Waals surface area (Å²) < 4.78 is 11.6. The molecule has 0 N–H and O–H groups in total. The molecule has 0 bridgehead atoms. The van der Waals surface area contributed by atoms with Crippen LogP contribution in [0.2, 0.25) is 0 Å². The van der Waals surface area contributed by atoms with Crippen LogP contribution in [-0.2, 0) is 15.2 Å². The Morgan fingerprint density at radius 2 is 1.59 bits per heavy atom. The minimum atomic E-state index is -0.822. The molecule has 0 saturated carbocycles. The highest BCUT2D eigenvalue weighted by molar-refractivity contribution is 6.13. The van der Waals surface area contributed by atoms with Gasteiger partial charge in [0.15, 0.2) is 0 Å². The summed E-state index contributed by atoms with van der Waals surface area (Å²) in [5, 5.41) is 0. The summed E-state index contributed by atoms with van der Waals surface area (Å²) in [4.78, 5) is 4.86. The molecule has 0 saturated heterocycles. The molecule has 0 radical (unpaired) electrons. The average Bonchev–Trinajstić information content (AvgIpc) is 2.97. The molecule has 1 aliphatic heterocycles. The van der Waals surface area contributed by atoms with Crippen LogP contribution in [0.1, 0.15) is 18.1 Å². The SMILES string of the molecule is CCOC1=CC(OC)(c2ccccc2)N=C1c1ccccc1. The molecule has 1 heterocycles. The minimum absolute atomic E-state index is 0.590. The van der Waals surface area contributed by atoms with Gasteiger partial charge in [0.05, 0.1) is 6.61 Å². The number of nitrogens with zero attached hydrogens (tertiary/aromatic N) is 1. The summed E-state index contributed by atoms with van der Waals surface area (Å²) >= 11 is 0. The number of aliphatic imine (C=N–C) groups is 1. The molecule has 3 rings (SSSR count). The predicted molar refractivity (Wildman–Crippen MR) is 87.8 cm³/mol. The van der Waals surface area contributed by atoms with E-state index in [9.17, 15) is 0 Å². The lowest BCUT2D eigenvalue weighted by Gasteiger charge is -2.22. The summed E-state index contributed by atoms with van der Waals surface area (Å²) in [6.45, 7) is 2.56. The third-order valence-corrected chi connectivity index (χ3v) is 3.68.